The predicted octanol–water partition coefficient (Wildman–Crippen LogP) is 5.95. The van der Waals surface area contributed by atoms with Gasteiger partial charge < -0.3 is 13.9 Å². The Labute approximate surface area is 193 Å². The van der Waals surface area contributed by atoms with Crippen LogP contribution < -0.4 is 0 Å². The van der Waals surface area contributed by atoms with Crippen molar-refractivity contribution in [3.05, 3.63) is 58.5 Å². The zero-order valence-electron chi connectivity index (χ0n) is 19.1. The van der Waals surface area contributed by atoms with E-state index in [-0.39, 0.29) is 12.2 Å². The summed E-state index contributed by atoms with van der Waals surface area (Å²) in [4.78, 5) is 30.6. The molecule has 0 aliphatic carbocycles. The van der Waals surface area contributed by atoms with Crippen molar-refractivity contribution < 1.29 is 23.5 Å². The summed E-state index contributed by atoms with van der Waals surface area (Å²) in [5, 5.41) is 0.619. The fraction of sp³-hybridized carbons (Fsp3) is 0.400. The zero-order chi connectivity index (χ0) is 23.6. The van der Waals surface area contributed by atoms with Crippen molar-refractivity contribution in [3.8, 4) is 11.3 Å². The number of hydrogen-bond acceptors (Lipinski definition) is 6. The minimum atomic E-state index is -0.806. The highest BCUT2D eigenvalue weighted by Crippen LogP contribution is 2.42. The van der Waals surface area contributed by atoms with Crippen LogP contribution in [-0.4, -0.2) is 29.9 Å². The van der Waals surface area contributed by atoms with Crippen LogP contribution in [0.3, 0.4) is 0 Å². The van der Waals surface area contributed by atoms with Crippen LogP contribution in [-0.2, 0) is 19.1 Å². The highest BCUT2D eigenvalue weighted by molar-refractivity contribution is 6.30. The van der Waals surface area contributed by atoms with Gasteiger partial charge >= 0.3 is 11.9 Å². The molecule has 1 aromatic heterocycles. The SMILES string of the molecule is CC1=NC(C)=C(C(=O)OC(C)C)C(c2ccc(-c3ccc(Cl)cc3)o2)C1C(=O)OC(C)C. The summed E-state index contributed by atoms with van der Waals surface area (Å²) in [6.07, 6.45) is -0.631. The molecule has 0 radical (unpaired) electrons. The molecular weight excluding hydrogens is 430 g/mol. The quantitative estimate of drug-likeness (QED) is 0.500. The number of nitrogens with zero attached hydrogens (tertiary/aromatic N) is 1. The summed E-state index contributed by atoms with van der Waals surface area (Å²) < 4.78 is 17.2. The Bertz CT molecular complexity index is 1060. The summed E-state index contributed by atoms with van der Waals surface area (Å²) in [5.74, 6) is -1.44. The van der Waals surface area contributed by atoms with E-state index in [4.69, 9.17) is 25.5 Å². The Morgan fingerprint density at radius 2 is 1.59 bits per heavy atom. The van der Waals surface area contributed by atoms with E-state index in [2.05, 4.69) is 4.99 Å². The average Bonchev–Trinajstić information content (AvgIpc) is 3.16. The average molecular weight is 458 g/mol. The number of carbonyl (C=O) groups excluding carboxylic acids is 2. The lowest BCUT2D eigenvalue weighted by Crippen LogP contribution is -2.37. The molecule has 3 rings (SSSR count). The van der Waals surface area contributed by atoms with E-state index in [1.54, 1.807) is 59.7 Å². The van der Waals surface area contributed by atoms with Crippen LogP contribution in [0.25, 0.3) is 11.3 Å². The molecule has 1 aromatic carbocycles. The number of hydrogen-bond donors (Lipinski definition) is 0. The number of esters is 2. The number of benzene rings is 1. The number of furan rings is 1. The second kappa shape index (κ2) is 9.74. The van der Waals surface area contributed by atoms with Gasteiger partial charge in [0.15, 0.2) is 0 Å². The number of rotatable bonds is 6. The summed E-state index contributed by atoms with van der Waals surface area (Å²) in [5.41, 5.74) is 2.18. The number of carbonyl (C=O) groups is 2. The molecule has 1 aliphatic rings. The molecule has 0 N–H and O–H groups in total. The Morgan fingerprint density at radius 1 is 0.969 bits per heavy atom. The van der Waals surface area contributed by atoms with E-state index in [1.165, 1.54) is 0 Å². The second-order valence-electron chi connectivity index (χ2n) is 8.36. The van der Waals surface area contributed by atoms with Crippen LogP contribution in [0, 0.1) is 5.92 Å². The molecule has 32 heavy (non-hydrogen) atoms. The molecule has 2 aromatic rings. The maximum atomic E-state index is 13.1. The van der Waals surface area contributed by atoms with Crippen molar-refractivity contribution in [2.75, 3.05) is 0 Å². The Hall–Kier alpha value is -2.86. The van der Waals surface area contributed by atoms with Gasteiger partial charge in [-0.3, -0.25) is 9.79 Å². The maximum absolute atomic E-state index is 13.1. The zero-order valence-corrected chi connectivity index (χ0v) is 19.9. The standard InChI is InChI=1S/C25H28ClNO5/c1-13(2)30-24(28)21-15(5)27-16(6)22(25(29)31-14(3)4)23(21)20-12-11-19(32-20)17-7-9-18(26)10-8-17/h7-14,21,23H,1-6H3. The molecule has 6 nitrogen and oxygen atoms in total. The molecule has 0 spiro atoms. The van der Waals surface area contributed by atoms with Gasteiger partial charge in [-0.15, -0.1) is 0 Å². The van der Waals surface area contributed by atoms with Crippen LogP contribution >= 0.6 is 11.6 Å². The highest BCUT2D eigenvalue weighted by Gasteiger charge is 2.44. The van der Waals surface area contributed by atoms with Crippen molar-refractivity contribution >= 4 is 29.3 Å². The lowest BCUT2D eigenvalue weighted by molar-refractivity contribution is -0.150. The van der Waals surface area contributed by atoms with Gasteiger partial charge in [0.25, 0.3) is 0 Å². The third-order valence-electron chi connectivity index (χ3n) is 5.06. The summed E-state index contributed by atoms with van der Waals surface area (Å²) >= 11 is 6.00. The van der Waals surface area contributed by atoms with Crippen LogP contribution in [0.1, 0.15) is 53.2 Å². The number of aliphatic imine (C=N–C) groups is 1. The predicted molar refractivity (Wildman–Crippen MR) is 124 cm³/mol. The van der Waals surface area contributed by atoms with Crippen LogP contribution in [0.4, 0.5) is 0 Å². The first-order valence-corrected chi connectivity index (χ1v) is 11.0. The van der Waals surface area contributed by atoms with Crippen molar-refractivity contribution in [3.63, 3.8) is 0 Å². The Kier molecular flexibility index (Phi) is 7.24. The van der Waals surface area contributed by atoms with Crippen LogP contribution in [0.2, 0.25) is 5.02 Å². The van der Waals surface area contributed by atoms with Gasteiger partial charge in [-0.05, 0) is 77.9 Å². The third-order valence-corrected chi connectivity index (χ3v) is 5.31. The maximum Gasteiger partial charge on any atom is 0.336 e. The fourth-order valence-electron chi connectivity index (χ4n) is 3.79. The molecule has 7 heteroatoms. The topological polar surface area (TPSA) is 78.1 Å². The van der Waals surface area contributed by atoms with Crippen molar-refractivity contribution in [2.24, 2.45) is 10.9 Å². The molecule has 0 fully saturated rings. The number of ether oxygens (including phenoxy) is 2. The molecule has 0 saturated heterocycles. The monoisotopic (exact) mass is 457 g/mol. The van der Waals surface area contributed by atoms with Gasteiger partial charge in [0.1, 0.15) is 17.4 Å². The van der Waals surface area contributed by atoms with Crippen LogP contribution in [0.5, 0.6) is 0 Å². The molecule has 0 bridgehead atoms. The molecular formula is C25H28ClNO5. The molecule has 0 saturated carbocycles. The lowest BCUT2D eigenvalue weighted by Gasteiger charge is -2.30. The second-order valence-corrected chi connectivity index (χ2v) is 8.79. The smallest absolute Gasteiger partial charge is 0.336 e. The fourth-order valence-corrected chi connectivity index (χ4v) is 3.91. The van der Waals surface area contributed by atoms with Crippen molar-refractivity contribution in [1.29, 1.82) is 0 Å². The molecule has 2 heterocycles. The normalized spacial score (nSPS) is 18.7. The molecule has 0 amide bonds. The van der Waals surface area contributed by atoms with E-state index in [0.29, 0.717) is 33.5 Å². The van der Waals surface area contributed by atoms with E-state index < -0.39 is 23.8 Å². The number of halogens is 1. The van der Waals surface area contributed by atoms with Gasteiger partial charge in [-0.25, -0.2) is 4.79 Å². The van der Waals surface area contributed by atoms with E-state index in [1.807, 2.05) is 18.2 Å². The van der Waals surface area contributed by atoms with E-state index in [0.717, 1.165) is 5.56 Å². The highest BCUT2D eigenvalue weighted by atomic mass is 35.5. The summed E-state index contributed by atoms with van der Waals surface area (Å²) in [7, 11) is 0. The number of allylic oxidation sites excluding steroid dienone is 1. The lowest BCUT2D eigenvalue weighted by atomic mass is 9.78. The molecule has 2 unspecified atom stereocenters. The largest absolute Gasteiger partial charge is 0.462 e. The van der Waals surface area contributed by atoms with E-state index in [9.17, 15) is 9.59 Å². The van der Waals surface area contributed by atoms with Crippen molar-refractivity contribution in [2.45, 2.75) is 59.7 Å². The van der Waals surface area contributed by atoms with Gasteiger partial charge in [-0.2, -0.15) is 0 Å². The third kappa shape index (κ3) is 5.13. The Morgan fingerprint density at radius 3 is 2.19 bits per heavy atom. The minimum Gasteiger partial charge on any atom is -0.462 e. The van der Waals surface area contributed by atoms with Gasteiger partial charge in [0, 0.05) is 22.0 Å². The Balaban J connectivity index is 2.10. The van der Waals surface area contributed by atoms with Gasteiger partial charge in [0.05, 0.1) is 23.7 Å². The molecule has 170 valence electrons. The van der Waals surface area contributed by atoms with Gasteiger partial charge in [-0.1, -0.05) is 11.6 Å². The first-order chi connectivity index (χ1) is 15.1. The van der Waals surface area contributed by atoms with Crippen molar-refractivity contribution in [1.82, 2.24) is 0 Å². The minimum absolute atomic E-state index is 0.298. The molecule has 1 aliphatic heterocycles. The summed E-state index contributed by atoms with van der Waals surface area (Å²) in [6, 6.07) is 10.8. The van der Waals surface area contributed by atoms with Crippen LogP contribution in [0.15, 0.2) is 57.1 Å². The van der Waals surface area contributed by atoms with E-state index >= 15 is 0 Å². The first-order valence-electron chi connectivity index (χ1n) is 10.6. The summed E-state index contributed by atoms with van der Waals surface area (Å²) in [6.45, 7) is 10.6. The van der Waals surface area contributed by atoms with Gasteiger partial charge in [0.2, 0.25) is 0 Å². The first kappa shape index (κ1) is 23.8. The molecule has 2 atom stereocenters.